The SMILES string of the molecule is CC/C=C(/Nc1ccccc1)C(C)(CC)CC. The number of para-hydroxylation sites is 1. The van der Waals surface area contributed by atoms with Crippen molar-refractivity contribution >= 4 is 5.69 Å². The topological polar surface area (TPSA) is 12.0 Å². The van der Waals surface area contributed by atoms with E-state index in [0.29, 0.717) is 0 Å². The number of benzene rings is 1. The van der Waals surface area contributed by atoms with Gasteiger partial charge in [0.25, 0.3) is 0 Å². The van der Waals surface area contributed by atoms with Gasteiger partial charge in [0, 0.05) is 16.8 Å². The van der Waals surface area contributed by atoms with Crippen LogP contribution in [0, 0.1) is 5.41 Å². The molecule has 0 aliphatic rings. The molecule has 0 amide bonds. The number of anilines is 1. The van der Waals surface area contributed by atoms with E-state index in [1.54, 1.807) is 0 Å². The molecule has 1 aromatic carbocycles. The molecule has 1 N–H and O–H groups in total. The normalized spacial score (nSPS) is 12.6. The summed E-state index contributed by atoms with van der Waals surface area (Å²) in [5.74, 6) is 0. The van der Waals surface area contributed by atoms with Gasteiger partial charge in [0.2, 0.25) is 0 Å². The van der Waals surface area contributed by atoms with E-state index in [9.17, 15) is 0 Å². The van der Waals surface area contributed by atoms with E-state index in [0.717, 1.165) is 19.3 Å². The molecule has 0 spiro atoms. The Kier molecular flexibility index (Phi) is 5.27. The summed E-state index contributed by atoms with van der Waals surface area (Å²) >= 11 is 0. The summed E-state index contributed by atoms with van der Waals surface area (Å²) in [6, 6.07) is 10.4. The Bertz CT molecular complexity index is 347. The predicted molar refractivity (Wildman–Crippen MR) is 77.1 cm³/mol. The van der Waals surface area contributed by atoms with Gasteiger partial charge in [-0.2, -0.15) is 0 Å². The zero-order valence-corrected chi connectivity index (χ0v) is 11.6. The summed E-state index contributed by atoms with van der Waals surface area (Å²) in [5.41, 5.74) is 2.79. The maximum absolute atomic E-state index is 3.58. The van der Waals surface area contributed by atoms with Crippen molar-refractivity contribution in [2.45, 2.75) is 47.0 Å². The predicted octanol–water partition coefficient (Wildman–Crippen LogP) is 5.22. The maximum atomic E-state index is 3.58. The molecule has 94 valence electrons. The van der Waals surface area contributed by atoms with E-state index >= 15 is 0 Å². The first-order chi connectivity index (χ1) is 8.16. The van der Waals surface area contributed by atoms with E-state index < -0.39 is 0 Å². The van der Waals surface area contributed by atoms with Crippen LogP contribution in [0.15, 0.2) is 42.1 Å². The highest BCUT2D eigenvalue weighted by Gasteiger charge is 2.24. The van der Waals surface area contributed by atoms with Gasteiger partial charge < -0.3 is 5.32 Å². The molecule has 1 rings (SSSR count). The van der Waals surface area contributed by atoms with Crippen LogP contribution in [0.4, 0.5) is 5.69 Å². The lowest BCUT2D eigenvalue weighted by atomic mass is 9.80. The lowest BCUT2D eigenvalue weighted by Crippen LogP contribution is -2.22. The van der Waals surface area contributed by atoms with E-state index in [2.05, 4.69) is 63.4 Å². The van der Waals surface area contributed by atoms with Gasteiger partial charge in [0.15, 0.2) is 0 Å². The summed E-state index contributed by atoms with van der Waals surface area (Å²) in [4.78, 5) is 0. The quantitative estimate of drug-likeness (QED) is 0.708. The van der Waals surface area contributed by atoms with Crippen LogP contribution in [0.2, 0.25) is 0 Å². The molecule has 1 aromatic rings. The summed E-state index contributed by atoms with van der Waals surface area (Å²) in [7, 11) is 0. The molecule has 0 heterocycles. The van der Waals surface area contributed by atoms with Crippen LogP contribution >= 0.6 is 0 Å². The van der Waals surface area contributed by atoms with Gasteiger partial charge in [-0.1, -0.05) is 52.0 Å². The second-order valence-corrected chi connectivity index (χ2v) is 4.78. The molecular weight excluding hydrogens is 206 g/mol. The minimum atomic E-state index is 0.256. The molecular formula is C16H25N. The maximum Gasteiger partial charge on any atom is 0.0381 e. The number of nitrogens with one attached hydrogen (secondary N) is 1. The van der Waals surface area contributed by atoms with Crippen LogP contribution in [0.1, 0.15) is 47.0 Å². The van der Waals surface area contributed by atoms with Crippen LogP contribution in [0.3, 0.4) is 0 Å². The third kappa shape index (κ3) is 3.62. The fraction of sp³-hybridized carbons (Fsp3) is 0.500. The van der Waals surface area contributed by atoms with Crippen LogP contribution in [-0.4, -0.2) is 0 Å². The first kappa shape index (κ1) is 13.8. The standard InChI is InChI=1S/C16H25N/c1-5-11-15(16(4,6-2)7-3)17-14-12-9-8-10-13-14/h8-13,17H,5-7H2,1-4H3/b15-11+. The molecule has 1 heteroatoms. The van der Waals surface area contributed by atoms with Crippen molar-refractivity contribution in [1.82, 2.24) is 0 Å². The zero-order valence-electron chi connectivity index (χ0n) is 11.6. The van der Waals surface area contributed by atoms with Crippen LogP contribution in [0.25, 0.3) is 0 Å². The Labute approximate surface area is 106 Å². The molecule has 0 unspecified atom stereocenters. The molecule has 0 aliphatic heterocycles. The third-order valence-electron chi connectivity index (χ3n) is 3.67. The van der Waals surface area contributed by atoms with E-state index in [-0.39, 0.29) is 5.41 Å². The summed E-state index contributed by atoms with van der Waals surface area (Å²) in [5, 5.41) is 3.58. The summed E-state index contributed by atoms with van der Waals surface area (Å²) in [6.07, 6.45) is 5.72. The molecule has 0 aromatic heterocycles. The van der Waals surface area contributed by atoms with Crippen LogP contribution in [0.5, 0.6) is 0 Å². The molecule has 17 heavy (non-hydrogen) atoms. The molecule has 1 nitrogen and oxygen atoms in total. The number of hydrogen-bond acceptors (Lipinski definition) is 1. The fourth-order valence-electron chi connectivity index (χ4n) is 1.96. The number of hydrogen-bond donors (Lipinski definition) is 1. The molecule has 0 saturated carbocycles. The Hall–Kier alpha value is -1.24. The van der Waals surface area contributed by atoms with E-state index in [4.69, 9.17) is 0 Å². The van der Waals surface area contributed by atoms with Gasteiger partial charge in [0.05, 0.1) is 0 Å². The minimum absolute atomic E-state index is 0.256. The molecule has 0 fully saturated rings. The van der Waals surface area contributed by atoms with Gasteiger partial charge in [0.1, 0.15) is 0 Å². The first-order valence-electron chi connectivity index (χ1n) is 6.69. The smallest absolute Gasteiger partial charge is 0.0381 e. The van der Waals surface area contributed by atoms with Crippen molar-refractivity contribution in [3.8, 4) is 0 Å². The Morgan fingerprint density at radius 3 is 2.18 bits per heavy atom. The molecule has 0 saturated heterocycles. The van der Waals surface area contributed by atoms with Gasteiger partial charge in [-0.15, -0.1) is 0 Å². The Morgan fingerprint density at radius 1 is 1.12 bits per heavy atom. The van der Waals surface area contributed by atoms with Crippen molar-refractivity contribution in [1.29, 1.82) is 0 Å². The van der Waals surface area contributed by atoms with Gasteiger partial charge >= 0.3 is 0 Å². The first-order valence-corrected chi connectivity index (χ1v) is 6.69. The Morgan fingerprint density at radius 2 is 1.71 bits per heavy atom. The van der Waals surface area contributed by atoms with Crippen LogP contribution in [-0.2, 0) is 0 Å². The highest BCUT2D eigenvalue weighted by atomic mass is 14.9. The second-order valence-electron chi connectivity index (χ2n) is 4.78. The van der Waals surface area contributed by atoms with Gasteiger partial charge in [-0.3, -0.25) is 0 Å². The average Bonchev–Trinajstić information content (AvgIpc) is 2.38. The van der Waals surface area contributed by atoms with Crippen molar-refractivity contribution in [2.75, 3.05) is 5.32 Å². The van der Waals surface area contributed by atoms with Gasteiger partial charge in [-0.25, -0.2) is 0 Å². The second kappa shape index (κ2) is 6.48. The van der Waals surface area contributed by atoms with Crippen molar-refractivity contribution < 1.29 is 0 Å². The lowest BCUT2D eigenvalue weighted by molar-refractivity contribution is 0.369. The van der Waals surface area contributed by atoms with Gasteiger partial charge in [-0.05, 0) is 31.4 Å². The number of allylic oxidation sites excluding steroid dienone is 2. The van der Waals surface area contributed by atoms with Crippen molar-refractivity contribution in [3.63, 3.8) is 0 Å². The highest BCUT2D eigenvalue weighted by Crippen LogP contribution is 2.35. The van der Waals surface area contributed by atoms with Crippen molar-refractivity contribution in [2.24, 2.45) is 5.41 Å². The fourth-order valence-corrected chi connectivity index (χ4v) is 1.96. The van der Waals surface area contributed by atoms with E-state index in [1.807, 2.05) is 6.07 Å². The summed E-state index contributed by atoms with van der Waals surface area (Å²) < 4.78 is 0. The lowest BCUT2D eigenvalue weighted by Gasteiger charge is -2.31. The highest BCUT2D eigenvalue weighted by molar-refractivity contribution is 5.49. The van der Waals surface area contributed by atoms with Crippen molar-refractivity contribution in [3.05, 3.63) is 42.1 Å². The van der Waals surface area contributed by atoms with Crippen LogP contribution < -0.4 is 5.32 Å². The Balaban J connectivity index is 2.92. The monoisotopic (exact) mass is 231 g/mol. The van der Waals surface area contributed by atoms with E-state index in [1.165, 1.54) is 11.4 Å². The minimum Gasteiger partial charge on any atom is -0.359 e. The molecule has 0 radical (unpaired) electrons. The molecule has 0 atom stereocenters. The third-order valence-corrected chi connectivity index (χ3v) is 3.67. The molecule has 0 bridgehead atoms. The number of rotatable bonds is 6. The molecule has 0 aliphatic carbocycles. The zero-order chi connectivity index (χ0) is 12.7. The average molecular weight is 231 g/mol. The largest absolute Gasteiger partial charge is 0.359 e. The summed E-state index contributed by atoms with van der Waals surface area (Å²) in [6.45, 7) is 9.06.